The predicted molar refractivity (Wildman–Crippen MR) is 81.7 cm³/mol. The van der Waals surface area contributed by atoms with E-state index in [4.69, 9.17) is 14.2 Å². The number of amides is 2. The number of carbonyl (C=O) groups is 2. The second-order valence-corrected chi connectivity index (χ2v) is 5.64. The van der Waals surface area contributed by atoms with Crippen molar-refractivity contribution >= 4 is 17.5 Å². The van der Waals surface area contributed by atoms with Crippen molar-refractivity contribution in [1.29, 1.82) is 0 Å². The van der Waals surface area contributed by atoms with Crippen molar-refractivity contribution in [3.63, 3.8) is 0 Å². The molecule has 2 N–H and O–H groups in total. The van der Waals surface area contributed by atoms with Crippen LogP contribution in [0.1, 0.15) is 30.1 Å². The zero-order valence-electron chi connectivity index (χ0n) is 13.5. The van der Waals surface area contributed by atoms with Gasteiger partial charge in [0.25, 0.3) is 5.91 Å². The van der Waals surface area contributed by atoms with Crippen LogP contribution in [0.2, 0.25) is 0 Å². The smallest absolute Gasteiger partial charge is 0.276 e. The van der Waals surface area contributed by atoms with Gasteiger partial charge in [-0.05, 0) is 19.4 Å². The molecule has 2 amide bonds. The van der Waals surface area contributed by atoms with Gasteiger partial charge in [0.15, 0.2) is 11.5 Å². The molecule has 8 heteroatoms. The van der Waals surface area contributed by atoms with Crippen molar-refractivity contribution in [3.8, 4) is 17.2 Å². The highest BCUT2D eigenvalue weighted by atomic mass is 16.5. The number of fused-ring (bicyclic) bond motifs is 2. The molecular weight excluding hydrogens is 302 g/mol. The largest absolute Gasteiger partial charge is 0.493 e. The lowest BCUT2D eigenvalue weighted by molar-refractivity contribution is -0.131. The van der Waals surface area contributed by atoms with Crippen LogP contribution in [0.3, 0.4) is 0 Å². The van der Waals surface area contributed by atoms with Crippen LogP contribution in [0.25, 0.3) is 0 Å². The number of hydrogen-bond acceptors (Lipinski definition) is 6. The van der Waals surface area contributed by atoms with Gasteiger partial charge in [0.1, 0.15) is 5.66 Å². The van der Waals surface area contributed by atoms with E-state index in [0.29, 0.717) is 41.3 Å². The van der Waals surface area contributed by atoms with Gasteiger partial charge < -0.3 is 19.5 Å². The summed E-state index contributed by atoms with van der Waals surface area (Å²) >= 11 is 0. The Balaban J connectivity index is 2.20. The average Bonchev–Trinajstić information content (AvgIpc) is 2.55. The van der Waals surface area contributed by atoms with Crippen molar-refractivity contribution in [1.82, 2.24) is 10.4 Å². The molecular formula is C15H19N3O5. The summed E-state index contributed by atoms with van der Waals surface area (Å²) in [5, 5.41) is 4.63. The van der Waals surface area contributed by atoms with Crippen LogP contribution in [0.5, 0.6) is 17.2 Å². The molecule has 2 heterocycles. The van der Waals surface area contributed by atoms with Gasteiger partial charge in [-0.1, -0.05) is 0 Å². The zero-order chi connectivity index (χ0) is 16.8. The molecule has 0 saturated carbocycles. The third-order valence-corrected chi connectivity index (χ3v) is 4.23. The Morgan fingerprint density at radius 3 is 2.43 bits per heavy atom. The number of carbonyl (C=O) groups excluding carboxylic acids is 2. The molecule has 1 fully saturated rings. The second-order valence-electron chi connectivity index (χ2n) is 5.64. The van der Waals surface area contributed by atoms with Gasteiger partial charge >= 0.3 is 0 Å². The van der Waals surface area contributed by atoms with Gasteiger partial charge in [-0.15, -0.1) is 0 Å². The molecule has 1 aromatic carbocycles. The van der Waals surface area contributed by atoms with E-state index in [0.717, 1.165) is 0 Å². The summed E-state index contributed by atoms with van der Waals surface area (Å²) < 4.78 is 16.1. The lowest BCUT2D eigenvalue weighted by Crippen LogP contribution is -2.67. The number of benzene rings is 1. The summed E-state index contributed by atoms with van der Waals surface area (Å²) in [6.07, 6.45) is 0.819. The van der Waals surface area contributed by atoms with E-state index in [9.17, 15) is 9.59 Å². The number of rotatable bonds is 3. The van der Waals surface area contributed by atoms with Crippen LogP contribution in [-0.4, -0.2) is 43.8 Å². The van der Waals surface area contributed by atoms with Crippen molar-refractivity contribution in [3.05, 3.63) is 11.6 Å². The van der Waals surface area contributed by atoms with E-state index < -0.39 is 5.66 Å². The first kappa shape index (κ1) is 15.3. The first-order valence-electron chi connectivity index (χ1n) is 7.20. The summed E-state index contributed by atoms with van der Waals surface area (Å²) in [4.78, 5) is 24.5. The van der Waals surface area contributed by atoms with Crippen LogP contribution in [0.4, 0.5) is 5.69 Å². The highest BCUT2D eigenvalue weighted by Gasteiger charge is 2.47. The number of hydrazine groups is 1. The van der Waals surface area contributed by atoms with Crippen LogP contribution in [0.15, 0.2) is 6.07 Å². The zero-order valence-corrected chi connectivity index (χ0v) is 13.5. The Morgan fingerprint density at radius 2 is 1.83 bits per heavy atom. The molecule has 8 nitrogen and oxygen atoms in total. The maximum Gasteiger partial charge on any atom is 0.276 e. The van der Waals surface area contributed by atoms with E-state index in [1.807, 2.05) is 6.92 Å². The van der Waals surface area contributed by atoms with E-state index in [1.165, 1.54) is 26.3 Å². The van der Waals surface area contributed by atoms with Crippen LogP contribution >= 0.6 is 0 Å². The second kappa shape index (κ2) is 5.22. The van der Waals surface area contributed by atoms with Crippen LogP contribution < -0.4 is 25.0 Å². The Bertz CT molecular complexity index is 690. The molecule has 1 atom stereocenters. The van der Waals surface area contributed by atoms with Gasteiger partial charge in [0, 0.05) is 6.42 Å². The molecule has 1 unspecified atom stereocenters. The molecule has 0 aliphatic carbocycles. The van der Waals surface area contributed by atoms with Gasteiger partial charge in [-0.3, -0.25) is 15.0 Å². The summed E-state index contributed by atoms with van der Waals surface area (Å²) in [5.74, 6) is 0.672. The summed E-state index contributed by atoms with van der Waals surface area (Å²) in [7, 11) is 4.49. The molecule has 0 spiro atoms. The molecule has 0 radical (unpaired) electrons. The SMILES string of the molecule is COc1cc2c(c(OC)c1OC)NC1(C)CCC(=O)NN1C2=O. The van der Waals surface area contributed by atoms with Crippen molar-refractivity contribution in [2.24, 2.45) is 0 Å². The predicted octanol–water partition coefficient (Wildman–Crippen LogP) is 1.12. The number of nitrogens with one attached hydrogen (secondary N) is 2. The third-order valence-electron chi connectivity index (χ3n) is 4.23. The van der Waals surface area contributed by atoms with Crippen molar-refractivity contribution < 1.29 is 23.8 Å². The van der Waals surface area contributed by atoms with Gasteiger partial charge in [-0.25, -0.2) is 5.01 Å². The number of hydrogen-bond donors (Lipinski definition) is 2. The van der Waals surface area contributed by atoms with E-state index in [-0.39, 0.29) is 11.8 Å². The van der Waals surface area contributed by atoms with Crippen molar-refractivity contribution in [2.45, 2.75) is 25.4 Å². The normalized spacial score (nSPS) is 22.5. The summed E-state index contributed by atoms with van der Waals surface area (Å²) in [6, 6.07) is 1.58. The molecule has 23 heavy (non-hydrogen) atoms. The Labute approximate surface area is 133 Å². The average molecular weight is 321 g/mol. The Hall–Kier alpha value is -2.64. The maximum absolute atomic E-state index is 12.9. The highest BCUT2D eigenvalue weighted by Crippen LogP contribution is 2.49. The Kier molecular flexibility index (Phi) is 3.46. The molecule has 2 aliphatic rings. The molecule has 3 rings (SSSR count). The molecule has 1 aromatic rings. The number of methoxy groups -OCH3 is 3. The minimum absolute atomic E-state index is 0.187. The summed E-state index contributed by atoms with van der Waals surface area (Å²) in [5.41, 5.74) is 2.77. The van der Waals surface area contributed by atoms with E-state index >= 15 is 0 Å². The lowest BCUT2D eigenvalue weighted by Gasteiger charge is -2.48. The summed E-state index contributed by atoms with van der Waals surface area (Å²) in [6.45, 7) is 1.85. The molecule has 1 saturated heterocycles. The van der Waals surface area contributed by atoms with Crippen LogP contribution in [0, 0.1) is 0 Å². The first-order chi connectivity index (χ1) is 10.9. The fourth-order valence-electron chi connectivity index (χ4n) is 3.00. The first-order valence-corrected chi connectivity index (χ1v) is 7.20. The fraction of sp³-hybridized carbons (Fsp3) is 0.467. The third kappa shape index (κ3) is 2.13. The number of ether oxygens (including phenoxy) is 3. The van der Waals surface area contributed by atoms with Gasteiger partial charge in [-0.2, -0.15) is 0 Å². The maximum atomic E-state index is 12.9. The van der Waals surface area contributed by atoms with Gasteiger partial charge in [0.05, 0.1) is 32.6 Å². The topological polar surface area (TPSA) is 89.1 Å². The van der Waals surface area contributed by atoms with Crippen molar-refractivity contribution in [2.75, 3.05) is 26.6 Å². The Morgan fingerprint density at radius 1 is 1.13 bits per heavy atom. The van der Waals surface area contributed by atoms with Crippen LogP contribution in [-0.2, 0) is 4.79 Å². The number of nitrogens with zero attached hydrogens (tertiary/aromatic N) is 1. The quantitative estimate of drug-likeness (QED) is 0.867. The minimum atomic E-state index is -0.731. The fourth-order valence-corrected chi connectivity index (χ4v) is 3.00. The standard InChI is InChI=1S/C15H19N3O5/c1-15-6-5-10(19)17-18(15)14(20)8-7-9(21-2)12(22-3)13(23-4)11(8)16-15/h7,16H,5-6H2,1-4H3,(H,17,19). The molecule has 0 aromatic heterocycles. The van der Waals surface area contributed by atoms with E-state index in [1.54, 1.807) is 6.07 Å². The molecule has 2 aliphatic heterocycles. The highest BCUT2D eigenvalue weighted by molar-refractivity contribution is 6.06. The molecule has 0 bridgehead atoms. The van der Waals surface area contributed by atoms with E-state index in [2.05, 4.69) is 10.7 Å². The number of anilines is 1. The lowest BCUT2D eigenvalue weighted by atomic mass is 9.95. The monoisotopic (exact) mass is 321 g/mol. The van der Waals surface area contributed by atoms with Gasteiger partial charge in [0.2, 0.25) is 11.7 Å². The minimum Gasteiger partial charge on any atom is -0.493 e. The molecule has 124 valence electrons.